The van der Waals surface area contributed by atoms with E-state index in [0.29, 0.717) is 16.3 Å². The predicted octanol–water partition coefficient (Wildman–Crippen LogP) is 3.54. The molecule has 0 aliphatic carbocycles. The van der Waals surface area contributed by atoms with E-state index < -0.39 is 11.5 Å². The van der Waals surface area contributed by atoms with Crippen LogP contribution in [0.25, 0.3) is 10.2 Å². The fourth-order valence-corrected chi connectivity index (χ4v) is 3.86. The second-order valence-electron chi connectivity index (χ2n) is 7.00. The minimum atomic E-state index is -1.19. The lowest BCUT2D eigenvalue weighted by Gasteiger charge is -2.15. The number of nitrogens with one attached hydrogen (secondary N) is 1. The lowest BCUT2D eigenvalue weighted by molar-refractivity contribution is -0.116. The van der Waals surface area contributed by atoms with E-state index in [1.165, 1.54) is 9.95 Å². The molecule has 0 fully saturated rings. The van der Waals surface area contributed by atoms with Gasteiger partial charge in [-0.1, -0.05) is 19.9 Å². The van der Waals surface area contributed by atoms with Gasteiger partial charge in [-0.15, -0.1) is 11.3 Å². The van der Waals surface area contributed by atoms with Crippen LogP contribution in [0.3, 0.4) is 0 Å². The van der Waals surface area contributed by atoms with Crippen molar-refractivity contribution in [3.05, 3.63) is 56.4 Å². The normalized spacial score (nSPS) is 11.2. The number of hydrogen-bond donors (Lipinski definition) is 2. The number of amides is 1. The number of rotatable bonds is 5. The van der Waals surface area contributed by atoms with E-state index in [1.54, 1.807) is 6.07 Å². The molecule has 0 saturated carbocycles. The smallest absolute Gasteiger partial charge is 0.337 e. The topological polar surface area (TPSA) is 101 Å². The number of benzene rings is 1. The van der Waals surface area contributed by atoms with Crippen LogP contribution in [0.2, 0.25) is 0 Å². The summed E-state index contributed by atoms with van der Waals surface area (Å²) in [5.41, 5.74) is 2.21. The molecule has 0 saturated heterocycles. The highest BCUT2D eigenvalue weighted by Gasteiger charge is 2.22. The van der Waals surface area contributed by atoms with Crippen molar-refractivity contribution in [1.29, 1.82) is 0 Å². The van der Waals surface area contributed by atoms with Crippen LogP contribution < -0.4 is 10.9 Å². The van der Waals surface area contributed by atoms with Crippen molar-refractivity contribution in [3.63, 3.8) is 0 Å². The van der Waals surface area contributed by atoms with Crippen molar-refractivity contribution in [2.24, 2.45) is 0 Å². The Morgan fingerprint density at radius 1 is 1.25 bits per heavy atom. The molecule has 7 nitrogen and oxygen atoms in total. The highest BCUT2D eigenvalue weighted by Crippen LogP contribution is 2.24. The summed E-state index contributed by atoms with van der Waals surface area (Å²) in [6.45, 7) is 7.44. The zero-order valence-corrected chi connectivity index (χ0v) is 16.9. The van der Waals surface area contributed by atoms with Crippen molar-refractivity contribution in [3.8, 4) is 0 Å². The number of aromatic nitrogens is 2. The molecular weight excluding hydrogens is 378 g/mol. The molecule has 2 heterocycles. The molecule has 0 unspecified atom stereocenters. The van der Waals surface area contributed by atoms with Gasteiger partial charge in [0.1, 0.15) is 17.2 Å². The maximum atomic E-state index is 13.0. The van der Waals surface area contributed by atoms with Gasteiger partial charge in [0.25, 0.3) is 5.56 Å². The summed E-state index contributed by atoms with van der Waals surface area (Å²) in [5, 5.41) is 13.6. The van der Waals surface area contributed by atoms with Crippen LogP contribution in [0.1, 0.15) is 47.1 Å². The first-order valence-electron chi connectivity index (χ1n) is 8.81. The predicted molar refractivity (Wildman–Crippen MR) is 109 cm³/mol. The molecule has 0 spiro atoms. The number of fused-ring (bicyclic) bond motifs is 1. The average molecular weight is 399 g/mol. The quantitative estimate of drug-likeness (QED) is 0.683. The van der Waals surface area contributed by atoms with Gasteiger partial charge in [-0.3, -0.25) is 14.2 Å². The zero-order valence-electron chi connectivity index (χ0n) is 16.1. The minimum absolute atomic E-state index is 0.0425. The number of nitrogens with zero attached hydrogens (tertiary/aromatic N) is 2. The Kier molecular flexibility index (Phi) is 5.33. The van der Waals surface area contributed by atoms with Crippen molar-refractivity contribution >= 4 is 39.1 Å². The lowest BCUT2D eigenvalue weighted by Crippen LogP contribution is -2.32. The third-order valence-electron chi connectivity index (χ3n) is 4.56. The first kappa shape index (κ1) is 19.8. The Bertz CT molecular complexity index is 1140. The third-order valence-corrected chi connectivity index (χ3v) is 5.43. The SMILES string of the molecule is Cc1ccc(NC(=O)Cn2c(C(C)C)nc3scc(C(=O)O)c3c2=O)cc1C. The van der Waals surface area contributed by atoms with Gasteiger partial charge in [0.05, 0.1) is 10.9 Å². The van der Waals surface area contributed by atoms with Crippen molar-refractivity contribution in [1.82, 2.24) is 9.55 Å². The van der Waals surface area contributed by atoms with Crippen LogP contribution in [0, 0.1) is 13.8 Å². The van der Waals surface area contributed by atoms with Gasteiger partial charge in [0.2, 0.25) is 5.91 Å². The molecule has 3 aromatic rings. The van der Waals surface area contributed by atoms with Gasteiger partial charge < -0.3 is 10.4 Å². The minimum Gasteiger partial charge on any atom is -0.478 e. The van der Waals surface area contributed by atoms with E-state index in [0.717, 1.165) is 22.5 Å². The molecule has 1 amide bonds. The largest absolute Gasteiger partial charge is 0.478 e. The number of aryl methyl sites for hydroxylation is 2. The molecule has 3 rings (SSSR count). The van der Waals surface area contributed by atoms with Crippen LogP contribution in [0.15, 0.2) is 28.4 Å². The number of hydrogen-bond acceptors (Lipinski definition) is 5. The second kappa shape index (κ2) is 7.55. The molecule has 2 N–H and O–H groups in total. The van der Waals surface area contributed by atoms with E-state index in [9.17, 15) is 19.5 Å². The number of carbonyl (C=O) groups excluding carboxylic acids is 1. The van der Waals surface area contributed by atoms with Crippen molar-refractivity contribution in [2.75, 3.05) is 5.32 Å². The summed E-state index contributed by atoms with van der Waals surface area (Å²) >= 11 is 1.12. The summed E-state index contributed by atoms with van der Waals surface area (Å²) in [4.78, 5) is 41.9. The number of aromatic carboxylic acids is 1. The van der Waals surface area contributed by atoms with Crippen molar-refractivity contribution < 1.29 is 14.7 Å². The number of carboxylic acid groups (broad SMARTS) is 1. The van der Waals surface area contributed by atoms with Gasteiger partial charge in [-0.2, -0.15) is 0 Å². The molecule has 2 aromatic heterocycles. The van der Waals surface area contributed by atoms with E-state index in [-0.39, 0.29) is 29.3 Å². The highest BCUT2D eigenvalue weighted by atomic mass is 32.1. The van der Waals surface area contributed by atoms with Crippen molar-refractivity contribution in [2.45, 2.75) is 40.2 Å². The molecule has 0 atom stereocenters. The number of anilines is 1. The lowest BCUT2D eigenvalue weighted by atomic mass is 10.1. The first-order valence-corrected chi connectivity index (χ1v) is 9.69. The van der Waals surface area contributed by atoms with Gasteiger partial charge in [-0.25, -0.2) is 9.78 Å². The van der Waals surface area contributed by atoms with Crippen LogP contribution in [0.5, 0.6) is 0 Å². The average Bonchev–Trinajstić information content (AvgIpc) is 3.05. The van der Waals surface area contributed by atoms with Gasteiger partial charge in [-0.05, 0) is 37.1 Å². The molecular formula is C20H21N3O4S. The Morgan fingerprint density at radius 3 is 2.57 bits per heavy atom. The molecule has 1 aromatic carbocycles. The van der Waals surface area contributed by atoms with E-state index >= 15 is 0 Å². The van der Waals surface area contributed by atoms with Crippen LogP contribution >= 0.6 is 11.3 Å². The zero-order chi connectivity index (χ0) is 20.6. The summed E-state index contributed by atoms with van der Waals surface area (Å²) in [7, 11) is 0. The summed E-state index contributed by atoms with van der Waals surface area (Å²) in [5.74, 6) is -1.22. The Labute approximate surface area is 165 Å². The molecule has 0 aliphatic heterocycles. The van der Waals surface area contributed by atoms with E-state index in [4.69, 9.17) is 0 Å². The molecule has 0 bridgehead atoms. The van der Waals surface area contributed by atoms with Gasteiger partial charge in [0, 0.05) is 17.0 Å². The number of carboxylic acids is 1. The van der Waals surface area contributed by atoms with Gasteiger partial charge in [0.15, 0.2) is 0 Å². The second-order valence-corrected chi connectivity index (χ2v) is 7.86. The first-order chi connectivity index (χ1) is 13.2. The summed E-state index contributed by atoms with van der Waals surface area (Å²) in [6.07, 6.45) is 0. The molecule has 8 heteroatoms. The standard InChI is InChI=1S/C20H21N3O4S/c1-10(2)17-22-18-16(14(9-28-18)20(26)27)19(25)23(17)8-15(24)21-13-6-5-11(3)12(4)7-13/h5-7,9-10H,8H2,1-4H3,(H,21,24)(H,26,27). The fraction of sp³-hybridized carbons (Fsp3) is 0.300. The van der Waals surface area contributed by atoms with E-state index in [1.807, 2.05) is 39.8 Å². The highest BCUT2D eigenvalue weighted by molar-refractivity contribution is 7.17. The summed E-state index contributed by atoms with van der Waals surface area (Å²) in [6, 6.07) is 5.58. The summed E-state index contributed by atoms with van der Waals surface area (Å²) < 4.78 is 1.27. The number of thiophene rings is 1. The molecule has 146 valence electrons. The van der Waals surface area contributed by atoms with Gasteiger partial charge >= 0.3 is 5.97 Å². The fourth-order valence-electron chi connectivity index (χ4n) is 2.95. The Morgan fingerprint density at radius 2 is 1.96 bits per heavy atom. The Hall–Kier alpha value is -3.00. The third kappa shape index (κ3) is 3.68. The molecule has 0 radical (unpaired) electrons. The monoisotopic (exact) mass is 399 g/mol. The maximum Gasteiger partial charge on any atom is 0.337 e. The maximum absolute atomic E-state index is 13.0. The van der Waals surface area contributed by atoms with Crippen LogP contribution in [-0.4, -0.2) is 26.5 Å². The number of carbonyl (C=O) groups is 2. The molecule has 0 aliphatic rings. The van der Waals surface area contributed by atoms with E-state index in [2.05, 4.69) is 10.3 Å². The molecule has 28 heavy (non-hydrogen) atoms. The van der Waals surface area contributed by atoms with Crippen LogP contribution in [-0.2, 0) is 11.3 Å². The van der Waals surface area contributed by atoms with Crippen LogP contribution in [0.4, 0.5) is 5.69 Å². The Balaban J connectivity index is 2.01.